The molecule has 2 rings (SSSR count). The molecule has 0 saturated heterocycles. The van der Waals surface area contributed by atoms with Crippen LogP contribution in [0.25, 0.3) is 0 Å². The lowest BCUT2D eigenvalue weighted by molar-refractivity contribution is 0.386. The van der Waals surface area contributed by atoms with E-state index in [-0.39, 0.29) is 11.8 Å². The van der Waals surface area contributed by atoms with Crippen molar-refractivity contribution >= 4 is 15.9 Å². The molecule has 2 aromatic rings. The van der Waals surface area contributed by atoms with E-state index in [1.54, 1.807) is 18.3 Å². The monoisotopic (exact) mass is 341 g/mol. The summed E-state index contributed by atoms with van der Waals surface area (Å²) in [4.78, 5) is 0. The Balaban J connectivity index is 2.43. The van der Waals surface area contributed by atoms with E-state index < -0.39 is 11.9 Å². The highest BCUT2D eigenvalue weighted by atomic mass is 79.9. The summed E-state index contributed by atoms with van der Waals surface area (Å²) in [6.45, 7) is 4.04. The van der Waals surface area contributed by atoms with Gasteiger partial charge in [0.2, 0.25) is 0 Å². The lowest BCUT2D eigenvalue weighted by Crippen LogP contribution is -2.19. The van der Waals surface area contributed by atoms with Gasteiger partial charge in [0, 0.05) is 6.04 Å². The predicted molar refractivity (Wildman–Crippen MR) is 79.3 cm³/mol. The van der Waals surface area contributed by atoms with Crippen LogP contribution in [0.5, 0.6) is 5.75 Å². The van der Waals surface area contributed by atoms with Gasteiger partial charge in [0.25, 0.3) is 0 Å². The van der Waals surface area contributed by atoms with E-state index in [0.29, 0.717) is 5.56 Å². The minimum atomic E-state index is -0.463. The SMILES string of the molecule is COc1ccc(C(N)c2c(Br)cnn2C(C)C)cc1F. The molecule has 1 aromatic heterocycles. The van der Waals surface area contributed by atoms with Crippen LogP contribution in [-0.4, -0.2) is 16.9 Å². The zero-order chi connectivity index (χ0) is 14.9. The Hall–Kier alpha value is -1.40. The van der Waals surface area contributed by atoms with Crippen molar-refractivity contribution in [1.29, 1.82) is 0 Å². The standard InChI is InChI=1S/C14H17BrFN3O/c1-8(2)19-14(10(15)7-18-19)13(17)9-4-5-12(20-3)11(16)6-9/h4-8,13H,17H2,1-3H3. The third-order valence-electron chi connectivity index (χ3n) is 3.11. The molecule has 0 spiro atoms. The summed E-state index contributed by atoms with van der Waals surface area (Å²) in [5.41, 5.74) is 7.76. The summed E-state index contributed by atoms with van der Waals surface area (Å²) in [5.74, 6) is -0.218. The minimum Gasteiger partial charge on any atom is -0.494 e. The maximum absolute atomic E-state index is 13.8. The van der Waals surface area contributed by atoms with Crippen molar-refractivity contribution in [3.8, 4) is 5.75 Å². The minimum absolute atomic E-state index is 0.172. The molecule has 108 valence electrons. The van der Waals surface area contributed by atoms with Crippen molar-refractivity contribution in [1.82, 2.24) is 9.78 Å². The molecule has 0 aliphatic carbocycles. The van der Waals surface area contributed by atoms with Crippen molar-refractivity contribution in [2.24, 2.45) is 5.73 Å². The van der Waals surface area contributed by atoms with Gasteiger partial charge in [0.1, 0.15) is 0 Å². The predicted octanol–water partition coefficient (Wildman–Crippen LogP) is 3.42. The zero-order valence-corrected chi connectivity index (χ0v) is 13.2. The van der Waals surface area contributed by atoms with E-state index in [0.717, 1.165) is 10.2 Å². The Morgan fingerprint density at radius 1 is 1.40 bits per heavy atom. The van der Waals surface area contributed by atoms with Gasteiger partial charge < -0.3 is 10.5 Å². The van der Waals surface area contributed by atoms with Crippen molar-refractivity contribution in [2.75, 3.05) is 7.11 Å². The number of methoxy groups -OCH3 is 1. The molecule has 0 radical (unpaired) electrons. The van der Waals surface area contributed by atoms with E-state index >= 15 is 0 Å². The fourth-order valence-corrected chi connectivity index (χ4v) is 2.61. The van der Waals surface area contributed by atoms with Gasteiger partial charge >= 0.3 is 0 Å². The van der Waals surface area contributed by atoms with Crippen LogP contribution >= 0.6 is 15.9 Å². The summed E-state index contributed by atoms with van der Waals surface area (Å²) >= 11 is 3.45. The van der Waals surface area contributed by atoms with Gasteiger partial charge in [-0.2, -0.15) is 5.10 Å². The molecular formula is C14H17BrFN3O. The van der Waals surface area contributed by atoms with Crippen molar-refractivity contribution in [3.63, 3.8) is 0 Å². The summed E-state index contributed by atoms with van der Waals surface area (Å²) in [6.07, 6.45) is 1.70. The number of benzene rings is 1. The number of rotatable bonds is 4. The first-order valence-corrected chi connectivity index (χ1v) is 7.07. The zero-order valence-electron chi connectivity index (χ0n) is 11.6. The van der Waals surface area contributed by atoms with Crippen LogP contribution in [0.4, 0.5) is 4.39 Å². The number of hydrogen-bond donors (Lipinski definition) is 1. The molecule has 1 aromatic carbocycles. The topological polar surface area (TPSA) is 53.1 Å². The molecule has 0 amide bonds. The molecule has 0 bridgehead atoms. The summed E-state index contributed by atoms with van der Waals surface area (Å²) in [6, 6.07) is 4.44. The van der Waals surface area contributed by atoms with Gasteiger partial charge in [-0.05, 0) is 47.5 Å². The van der Waals surface area contributed by atoms with E-state index in [1.165, 1.54) is 13.2 Å². The second-order valence-electron chi connectivity index (χ2n) is 4.79. The smallest absolute Gasteiger partial charge is 0.165 e. The molecule has 1 unspecified atom stereocenters. The van der Waals surface area contributed by atoms with E-state index in [2.05, 4.69) is 21.0 Å². The number of ether oxygens (including phenoxy) is 1. The average molecular weight is 342 g/mol. The first-order valence-electron chi connectivity index (χ1n) is 6.27. The van der Waals surface area contributed by atoms with Crippen molar-refractivity contribution in [2.45, 2.75) is 25.9 Å². The Bertz CT molecular complexity index is 612. The Kier molecular flexibility index (Phi) is 4.45. The summed E-state index contributed by atoms with van der Waals surface area (Å²) in [5, 5.41) is 4.29. The highest BCUT2D eigenvalue weighted by Crippen LogP contribution is 2.30. The van der Waals surface area contributed by atoms with Gasteiger partial charge in [0.15, 0.2) is 11.6 Å². The van der Waals surface area contributed by atoms with Gasteiger partial charge in [-0.15, -0.1) is 0 Å². The molecule has 0 saturated carbocycles. The van der Waals surface area contributed by atoms with Crippen LogP contribution in [-0.2, 0) is 0 Å². The van der Waals surface area contributed by atoms with Crippen LogP contribution in [0.15, 0.2) is 28.9 Å². The largest absolute Gasteiger partial charge is 0.494 e. The summed E-state index contributed by atoms with van der Waals surface area (Å²) < 4.78 is 21.4. The maximum atomic E-state index is 13.8. The van der Waals surface area contributed by atoms with E-state index in [9.17, 15) is 4.39 Å². The summed E-state index contributed by atoms with van der Waals surface area (Å²) in [7, 11) is 1.43. The van der Waals surface area contributed by atoms with Crippen LogP contribution in [0.3, 0.4) is 0 Å². The van der Waals surface area contributed by atoms with Crippen molar-refractivity contribution < 1.29 is 9.13 Å². The number of nitrogens with two attached hydrogens (primary N) is 1. The molecular weight excluding hydrogens is 325 g/mol. The van der Waals surface area contributed by atoms with Gasteiger partial charge in [-0.3, -0.25) is 4.68 Å². The maximum Gasteiger partial charge on any atom is 0.165 e. The molecule has 6 heteroatoms. The highest BCUT2D eigenvalue weighted by Gasteiger charge is 2.20. The number of hydrogen-bond acceptors (Lipinski definition) is 3. The molecule has 2 N–H and O–H groups in total. The van der Waals surface area contributed by atoms with E-state index in [1.807, 2.05) is 18.5 Å². The first-order chi connectivity index (χ1) is 9.45. The normalized spacial score (nSPS) is 12.8. The molecule has 0 aliphatic heterocycles. The van der Waals surface area contributed by atoms with Crippen LogP contribution in [0.2, 0.25) is 0 Å². The van der Waals surface area contributed by atoms with Gasteiger partial charge in [-0.25, -0.2) is 4.39 Å². The van der Waals surface area contributed by atoms with Crippen molar-refractivity contribution in [3.05, 3.63) is 45.9 Å². The molecule has 20 heavy (non-hydrogen) atoms. The fraction of sp³-hybridized carbons (Fsp3) is 0.357. The Labute approximate surface area is 125 Å². The van der Waals surface area contributed by atoms with Crippen LogP contribution in [0.1, 0.15) is 37.2 Å². The second-order valence-corrected chi connectivity index (χ2v) is 5.64. The van der Waals surface area contributed by atoms with Crippen LogP contribution < -0.4 is 10.5 Å². The quantitative estimate of drug-likeness (QED) is 0.926. The lowest BCUT2D eigenvalue weighted by atomic mass is 10.0. The van der Waals surface area contributed by atoms with E-state index in [4.69, 9.17) is 10.5 Å². The molecule has 4 nitrogen and oxygen atoms in total. The number of aromatic nitrogens is 2. The highest BCUT2D eigenvalue weighted by molar-refractivity contribution is 9.10. The first kappa shape index (κ1) is 15.0. The van der Waals surface area contributed by atoms with Gasteiger partial charge in [-0.1, -0.05) is 6.07 Å². The third-order valence-corrected chi connectivity index (χ3v) is 3.72. The third kappa shape index (κ3) is 2.71. The molecule has 1 atom stereocenters. The van der Waals surface area contributed by atoms with Crippen LogP contribution in [0, 0.1) is 5.82 Å². The lowest BCUT2D eigenvalue weighted by Gasteiger charge is -2.18. The number of nitrogens with zero attached hydrogens (tertiary/aromatic N) is 2. The molecule has 0 aliphatic rings. The van der Waals surface area contributed by atoms with Gasteiger partial charge in [0.05, 0.1) is 29.5 Å². The molecule has 0 fully saturated rings. The average Bonchev–Trinajstić information content (AvgIpc) is 2.80. The Morgan fingerprint density at radius 2 is 2.10 bits per heavy atom. The second kappa shape index (κ2) is 5.93. The Morgan fingerprint density at radius 3 is 2.65 bits per heavy atom. The molecule has 1 heterocycles. The fourth-order valence-electron chi connectivity index (χ4n) is 2.09. The number of halogens is 2.